The quantitative estimate of drug-likeness (QED) is 0.482. The molecular weight excluding hydrogens is 122 g/mol. The molecule has 0 aromatic carbocycles. The Kier molecular flexibility index (Phi) is 1.30. The van der Waals surface area contributed by atoms with Crippen LogP contribution in [0.2, 0.25) is 0 Å². The lowest BCUT2D eigenvalue weighted by Crippen LogP contribution is -1.86. The van der Waals surface area contributed by atoms with Gasteiger partial charge in [-0.05, 0) is 12.1 Å². The fourth-order valence-corrected chi connectivity index (χ4v) is 0.552. The molecule has 0 aliphatic heterocycles. The van der Waals surface area contributed by atoms with Crippen molar-refractivity contribution in [1.82, 2.24) is 4.73 Å². The largest absolute Gasteiger partial charge is 0.165 e. The Bertz CT molecular complexity index is 230. The highest BCUT2D eigenvalue weighted by molar-refractivity contribution is 7.71. The van der Waals surface area contributed by atoms with E-state index in [1.807, 2.05) is 0 Å². The SMILES string of the molecule is [O]n1ccccc1=S. The van der Waals surface area contributed by atoms with Gasteiger partial charge in [0, 0.05) is 6.20 Å². The van der Waals surface area contributed by atoms with Crippen molar-refractivity contribution in [3.63, 3.8) is 0 Å². The zero-order chi connectivity index (χ0) is 5.98. The Morgan fingerprint density at radius 3 is 2.62 bits per heavy atom. The van der Waals surface area contributed by atoms with Crippen LogP contribution in [0, 0.1) is 4.64 Å². The second-order valence-corrected chi connectivity index (χ2v) is 1.78. The summed E-state index contributed by atoms with van der Waals surface area (Å²) in [5.74, 6) is 0. The molecule has 0 spiro atoms. The molecule has 3 heteroatoms. The summed E-state index contributed by atoms with van der Waals surface area (Å²) < 4.78 is 0.961. The highest BCUT2D eigenvalue weighted by Crippen LogP contribution is 1.87. The van der Waals surface area contributed by atoms with E-state index in [0.29, 0.717) is 9.37 Å². The molecule has 2 nitrogen and oxygen atoms in total. The lowest BCUT2D eigenvalue weighted by molar-refractivity contribution is 0.0858. The van der Waals surface area contributed by atoms with Crippen LogP contribution < -0.4 is 0 Å². The third-order valence-electron chi connectivity index (χ3n) is 0.789. The summed E-state index contributed by atoms with van der Waals surface area (Å²) in [6.45, 7) is 0. The molecule has 1 radical (unpaired) electrons. The fourth-order valence-electron chi connectivity index (χ4n) is 0.413. The van der Waals surface area contributed by atoms with Crippen LogP contribution in [0.5, 0.6) is 0 Å². The molecule has 0 saturated carbocycles. The Balaban J connectivity index is 3.35. The van der Waals surface area contributed by atoms with Gasteiger partial charge in [-0.2, -0.15) is 5.21 Å². The van der Waals surface area contributed by atoms with Crippen molar-refractivity contribution in [1.29, 1.82) is 0 Å². The predicted molar refractivity (Wildman–Crippen MR) is 31.4 cm³/mol. The summed E-state index contributed by atoms with van der Waals surface area (Å²) in [6, 6.07) is 4.96. The normalized spacial score (nSPS) is 9.00. The first-order valence-electron chi connectivity index (χ1n) is 2.16. The van der Waals surface area contributed by atoms with E-state index in [1.54, 1.807) is 18.2 Å². The molecule has 0 bridgehead atoms. The molecule has 1 aromatic heterocycles. The summed E-state index contributed by atoms with van der Waals surface area (Å²) in [5, 5.41) is 10.4. The van der Waals surface area contributed by atoms with Gasteiger partial charge in [0.1, 0.15) is 4.64 Å². The van der Waals surface area contributed by atoms with E-state index in [0.717, 1.165) is 0 Å². The van der Waals surface area contributed by atoms with Crippen LogP contribution in [-0.4, -0.2) is 4.73 Å². The van der Waals surface area contributed by atoms with Crippen LogP contribution in [0.3, 0.4) is 0 Å². The smallest absolute Gasteiger partial charge is 0.147 e. The highest BCUT2D eigenvalue weighted by Gasteiger charge is 1.80. The lowest BCUT2D eigenvalue weighted by Gasteiger charge is -1.85. The number of nitrogens with zero attached hydrogens (tertiary/aromatic N) is 1. The van der Waals surface area contributed by atoms with Gasteiger partial charge in [0.05, 0.1) is 0 Å². The average Bonchev–Trinajstić information content (AvgIpc) is 1.77. The maximum atomic E-state index is 10.4. The summed E-state index contributed by atoms with van der Waals surface area (Å²) in [6.07, 6.45) is 1.38. The second kappa shape index (κ2) is 1.96. The minimum absolute atomic E-state index is 0.313. The molecule has 1 heterocycles. The molecule has 0 unspecified atom stereocenters. The number of rotatable bonds is 0. The van der Waals surface area contributed by atoms with E-state index < -0.39 is 0 Å². The lowest BCUT2D eigenvalue weighted by atomic mass is 10.5. The van der Waals surface area contributed by atoms with Gasteiger partial charge >= 0.3 is 0 Å². The van der Waals surface area contributed by atoms with Gasteiger partial charge in [-0.1, -0.05) is 18.3 Å². The van der Waals surface area contributed by atoms with Crippen LogP contribution in [0.4, 0.5) is 0 Å². The fraction of sp³-hybridized carbons (Fsp3) is 0. The van der Waals surface area contributed by atoms with Gasteiger partial charge in [-0.25, -0.2) is 0 Å². The maximum absolute atomic E-state index is 10.4. The third-order valence-corrected chi connectivity index (χ3v) is 1.10. The topological polar surface area (TPSA) is 24.8 Å². The minimum Gasteiger partial charge on any atom is -0.165 e. The van der Waals surface area contributed by atoms with Crippen LogP contribution in [0.15, 0.2) is 24.4 Å². The predicted octanol–water partition coefficient (Wildman–Crippen LogP) is 1.41. The van der Waals surface area contributed by atoms with E-state index in [-0.39, 0.29) is 0 Å². The van der Waals surface area contributed by atoms with Crippen LogP contribution >= 0.6 is 12.2 Å². The second-order valence-electron chi connectivity index (χ2n) is 1.36. The van der Waals surface area contributed by atoms with Crippen molar-refractivity contribution in [2.24, 2.45) is 0 Å². The van der Waals surface area contributed by atoms with Gasteiger partial charge in [0.15, 0.2) is 0 Å². The minimum atomic E-state index is 0.313. The Morgan fingerprint density at radius 1 is 1.50 bits per heavy atom. The van der Waals surface area contributed by atoms with Crippen molar-refractivity contribution in [3.8, 4) is 0 Å². The van der Waals surface area contributed by atoms with Crippen LogP contribution in [-0.2, 0) is 5.21 Å². The van der Waals surface area contributed by atoms with E-state index in [9.17, 15) is 5.21 Å². The molecule has 0 amide bonds. The Morgan fingerprint density at radius 2 is 2.25 bits per heavy atom. The van der Waals surface area contributed by atoms with Gasteiger partial charge in [0.25, 0.3) is 0 Å². The first-order valence-corrected chi connectivity index (χ1v) is 2.57. The molecule has 0 saturated heterocycles. The summed E-state index contributed by atoms with van der Waals surface area (Å²) >= 11 is 4.60. The van der Waals surface area contributed by atoms with Crippen molar-refractivity contribution < 1.29 is 5.21 Å². The van der Waals surface area contributed by atoms with Crippen molar-refractivity contribution >= 4 is 12.2 Å². The average molecular weight is 126 g/mol. The molecule has 0 aliphatic rings. The monoisotopic (exact) mass is 126 g/mol. The molecule has 41 valence electrons. The van der Waals surface area contributed by atoms with E-state index in [4.69, 9.17) is 0 Å². The highest BCUT2D eigenvalue weighted by atomic mass is 32.1. The third kappa shape index (κ3) is 0.869. The van der Waals surface area contributed by atoms with Gasteiger partial charge in [0.2, 0.25) is 0 Å². The summed E-state index contributed by atoms with van der Waals surface area (Å²) in [4.78, 5) is 0. The van der Waals surface area contributed by atoms with Crippen LogP contribution in [0.1, 0.15) is 0 Å². The molecular formula is C5H4NOS. The van der Waals surface area contributed by atoms with E-state index in [2.05, 4.69) is 12.2 Å². The van der Waals surface area contributed by atoms with E-state index in [1.165, 1.54) is 6.20 Å². The molecule has 1 aromatic rings. The molecule has 0 atom stereocenters. The molecule has 8 heavy (non-hydrogen) atoms. The molecule has 1 rings (SSSR count). The Labute approximate surface area is 52.0 Å². The van der Waals surface area contributed by atoms with Crippen molar-refractivity contribution in [2.45, 2.75) is 0 Å². The van der Waals surface area contributed by atoms with E-state index >= 15 is 0 Å². The van der Waals surface area contributed by atoms with Gasteiger partial charge in [-0.15, -0.1) is 4.73 Å². The summed E-state index contributed by atoms with van der Waals surface area (Å²) in [5.41, 5.74) is 0. The standard InChI is InChI=1S/C5H4NOS/c7-6-4-2-1-3-5(6)8/h1-4H. The van der Waals surface area contributed by atoms with Gasteiger partial charge < -0.3 is 0 Å². The molecule has 0 N–H and O–H groups in total. The molecule has 0 fully saturated rings. The zero-order valence-electron chi connectivity index (χ0n) is 4.07. The molecule has 0 aliphatic carbocycles. The van der Waals surface area contributed by atoms with Crippen molar-refractivity contribution in [3.05, 3.63) is 29.0 Å². The zero-order valence-corrected chi connectivity index (χ0v) is 4.89. The number of pyridine rings is 1. The first kappa shape index (κ1) is 5.31. The first-order chi connectivity index (χ1) is 3.80. The summed E-state index contributed by atoms with van der Waals surface area (Å²) in [7, 11) is 0. The van der Waals surface area contributed by atoms with Crippen molar-refractivity contribution in [2.75, 3.05) is 0 Å². The Hall–Kier alpha value is -0.830. The number of aromatic nitrogens is 1. The van der Waals surface area contributed by atoms with Crippen LogP contribution in [0.25, 0.3) is 0 Å². The van der Waals surface area contributed by atoms with Gasteiger partial charge in [-0.3, -0.25) is 0 Å². The maximum Gasteiger partial charge on any atom is 0.147 e. The number of hydrogen-bond donors (Lipinski definition) is 0. The number of hydrogen-bond acceptors (Lipinski definition) is 1.